The van der Waals surface area contributed by atoms with E-state index in [-0.39, 0.29) is 0 Å². The van der Waals surface area contributed by atoms with Crippen LogP contribution in [0.4, 0.5) is 0 Å². The molecule has 0 fully saturated rings. The van der Waals surface area contributed by atoms with Crippen molar-refractivity contribution < 1.29 is 12.6 Å². The fraction of sp³-hybridized carbons (Fsp3) is 1.00. The van der Waals surface area contributed by atoms with Gasteiger partial charge in [0, 0.05) is 0 Å². The van der Waals surface area contributed by atoms with Gasteiger partial charge >= 0.3 is 9.15 Å². The van der Waals surface area contributed by atoms with Crippen LogP contribution in [-0.2, 0) is 13.3 Å². The highest BCUT2D eigenvalue weighted by Crippen LogP contribution is 2.12. The molecule has 0 spiro atoms. The minimum absolute atomic E-state index is 0.331. The van der Waals surface area contributed by atoms with Crippen LogP contribution in [0.25, 0.3) is 0 Å². The second kappa shape index (κ2) is 10.4. The Balaban J connectivity index is 3.16. The van der Waals surface area contributed by atoms with E-state index < -0.39 is 9.15 Å². The monoisotopic (exact) mass is 268 g/mol. The second-order valence-corrected chi connectivity index (χ2v) is 7.48. The Morgan fingerprint density at radius 1 is 0.938 bits per heavy atom. The zero-order valence-electron chi connectivity index (χ0n) is 10.4. The summed E-state index contributed by atoms with van der Waals surface area (Å²) in [6.07, 6.45) is 11.1. The first-order valence-corrected chi connectivity index (χ1v) is 9.22. The smallest absolute Gasteiger partial charge is 0.262 e. The molecule has 0 saturated carbocycles. The molecule has 0 atom stereocenters. The van der Waals surface area contributed by atoms with Crippen LogP contribution in [0.15, 0.2) is 0 Å². The van der Waals surface area contributed by atoms with Gasteiger partial charge in [-0.2, -0.15) is 8.42 Å². The van der Waals surface area contributed by atoms with Gasteiger partial charge in [-0.05, 0) is 23.5 Å². The number of hydrogen-bond acceptors (Lipinski definition) is 4. The lowest BCUT2D eigenvalue weighted by atomic mass is 10.1. The minimum Gasteiger partial charge on any atom is -0.262 e. The molecule has 0 saturated heterocycles. The van der Waals surface area contributed by atoms with E-state index in [9.17, 15) is 8.42 Å². The Kier molecular flexibility index (Phi) is 10.6. The largest absolute Gasteiger partial charge is 0.321 e. The van der Waals surface area contributed by atoms with E-state index in [1.165, 1.54) is 44.8 Å². The number of unbranched alkanes of at least 4 members (excludes halogenated alkanes) is 7. The standard InChI is InChI=1S/C11H24O3S2/c1-3-4-5-6-7-8-9-10-11-14-16(12,13)15-2/h3-11H2,1-2H3. The third kappa shape index (κ3) is 10.8. The number of hydrogen-bond donors (Lipinski definition) is 0. The highest BCUT2D eigenvalue weighted by Gasteiger charge is 2.06. The summed E-state index contributed by atoms with van der Waals surface area (Å²) in [4.78, 5) is 0. The van der Waals surface area contributed by atoms with Crippen molar-refractivity contribution in [2.24, 2.45) is 0 Å². The van der Waals surface area contributed by atoms with Gasteiger partial charge < -0.3 is 0 Å². The van der Waals surface area contributed by atoms with E-state index in [1.807, 2.05) is 0 Å². The SMILES string of the molecule is CCCCCCCCCCOS(=O)(=O)SC. The molecule has 98 valence electrons. The molecule has 3 nitrogen and oxygen atoms in total. The first kappa shape index (κ1) is 16.3. The molecule has 0 amide bonds. The quantitative estimate of drug-likeness (QED) is 0.423. The fourth-order valence-corrected chi connectivity index (χ4v) is 2.36. The molecule has 0 heterocycles. The molecule has 0 unspecified atom stereocenters. The molecular weight excluding hydrogens is 244 g/mol. The summed E-state index contributed by atoms with van der Waals surface area (Å²) in [7, 11) is -2.55. The highest BCUT2D eigenvalue weighted by molar-refractivity contribution is 8.70. The van der Waals surface area contributed by atoms with Crippen molar-refractivity contribution in [3.8, 4) is 0 Å². The number of rotatable bonds is 11. The zero-order chi connectivity index (χ0) is 12.3. The first-order chi connectivity index (χ1) is 7.62. The lowest BCUT2D eigenvalue weighted by Gasteiger charge is -2.02. The highest BCUT2D eigenvalue weighted by atomic mass is 33.1. The van der Waals surface area contributed by atoms with Gasteiger partial charge in [0.15, 0.2) is 0 Å². The second-order valence-electron chi connectivity index (χ2n) is 3.87. The maximum Gasteiger partial charge on any atom is 0.321 e. The van der Waals surface area contributed by atoms with Crippen molar-refractivity contribution in [1.82, 2.24) is 0 Å². The van der Waals surface area contributed by atoms with Crippen LogP contribution in [0.1, 0.15) is 58.3 Å². The van der Waals surface area contributed by atoms with Crippen molar-refractivity contribution in [2.75, 3.05) is 12.9 Å². The van der Waals surface area contributed by atoms with Gasteiger partial charge in [-0.1, -0.05) is 51.9 Å². The average Bonchev–Trinajstić information content (AvgIpc) is 2.27. The molecule has 16 heavy (non-hydrogen) atoms. The average molecular weight is 268 g/mol. The van der Waals surface area contributed by atoms with Gasteiger partial charge in [-0.3, -0.25) is 4.18 Å². The van der Waals surface area contributed by atoms with E-state index in [1.54, 1.807) is 0 Å². The summed E-state index contributed by atoms with van der Waals surface area (Å²) >= 11 is 0. The normalized spacial score (nSPS) is 11.9. The fourth-order valence-electron chi connectivity index (χ4n) is 1.45. The van der Waals surface area contributed by atoms with Crippen molar-refractivity contribution in [2.45, 2.75) is 58.3 Å². The lowest BCUT2D eigenvalue weighted by Crippen LogP contribution is -2.01. The predicted octanol–water partition coefficient (Wildman–Crippen LogP) is 3.75. The topological polar surface area (TPSA) is 43.4 Å². The lowest BCUT2D eigenvalue weighted by molar-refractivity contribution is 0.316. The first-order valence-electron chi connectivity index (χ1n) is 6.07. The van der Waals surface area contributed by atoms with Gasteiger partial charge in [0.25, 0.3) is 0 Å². The molecule has 0 radical (unpaired) electrons. The zero-order valence-corrected chi connectivity index (χ0v) is 12.0. The van der Waals surface area contributed by atoms with Gasteiger partial charge in [0.1, 0.15) is 0 Å². The Bertz CT molecular complexity index is 238. The van der Waals surface area contributed by atoms with Crippen molar-refractivity contribution in [3.05, 3.63) is 0 Å². The van der Waals surface area contributed by atoms with Crippen LogP contribution in [0.2, 0.25) is 0 Å². The summed E-state index contributed by atoms with van der Waals surface area (Å²) in [6.45, 7) is 2.54. The minimum atomic E-state index is -3.31. The summed E-state index contributed by atoms with van der Waals surface area (Å²) in [6, 6.07) is 0. The third-order valence-electron chi connectivity index (χ3n) is 2.43. The van der Waals surface area contributed by atoms with Crippen LogP contribution in [0.5, 0.6) is 0 Å². The van der Waals surface area contributed by atoms with Crippen molar-refractivity contribution >= 4 is 19.9 Å². The van der Waals surface area contributed by atoms with Gasteiger partial charge in [-0.15, -0.1) is 0 Å². The summed E-state index contributed by atoms with van der Waals surface area (Å²) in [5.41, 5.74) is 0. The molecule has 0 aliphatic heterocycles. The molecule has 0 rings (SSSR count). The van der Waals surface area contributed by atoms with Crippen molar-refractivity contribution in [1.29, 1.82) is 0 Å². The summed E-state index contributed by atoms with van der Waals surface area (Å²) in [5.74, 6) is 0. The van der Waals surface area contributed by atoms with Gasteiger partial charge in [-0.25, -0.2) is 0 Å². The van der Waals surface area contributed by atoms with E-state index in [4.69, 9.17) is 4.18 Å². The van der Waals surface area contributed by atoms with Gasteiger partial charge in [0.05, 0.1) is 6.61 Å². The van der Waals surface area contributed by atoms with Crippen LogP contribution >= 0.6 is 10.8 Å². The molecule has 0 N–H and O–H groups in total. The Morgan fingerprint density at radius 2 is 1.44 bits per heavy atom. The molecule has 0 aliphatic carbocycles. The van der Waals surface area contributed by atoms with Crippen LogP contribution in [0.3, 0.4) is 0 Å². The summed E-state index contributed by atoms with van der Waals surface area (Å²) in [5, 5.41) is 0. The third-order valence-corrected chi connectivity index (χ3v) is 4.81. The maximum absolute atomic E-state index is 10.9. The Hall–Kier alpha value is 0.260. The van der Waals surface area contributed by atoms with Crippen LogP contribution < -0.4 is 0 Å². The van der Waals surface area contributed by atoms with Crippen molar-refractivity contribution in [3.63, 3.8) is 0 Å². The van der Waals surface area contributed by atoms with E-state index in [0.717, 1.165) is 23.6 Å². The molecule has 5 heteroatoms. The molecule has 0 aromatic heterocycles. The van der Waals surface area contributed by atoms with Crippen LogP contribution in [0, 0.1) is 0 Å². The molecule has 0 bridgehead atoms. The Labute approximate surface area is 104 Å². The molecule has 0 aliphatic rings. The van der Waals surface area contributed by atoms with Crippen LogP contribution in [-0.4, -0.2) is 21.3 Å². The van der Waals surface area contributed by atoms with E-state index >= 15 is 0 Å². The molecule has 0 aromatic carbocycles. The summed E-state index contributed by atoms with van der Waals surface area (Å²) < 4.78 is 26.7. The predicted molar refractivity (Wildman–Crippen MR) is 71.0 cm³/mol. The van der Waals surface area contributed by atoms with Gasteiger partial charge in [0.2, 0.25) is 0 Å². The molecule has 0 aromatic rings. The van der Waals surface area contributed by atoms with E-state index in [0.29, 0.717) is 6.61 Å². The Morgan fingerprint density at radius 3 is 1.94 bits per heavy atom. The maximum atomic E-state index is 10.9. The molecular formula is C11H24O3S2. The van der Waals surface area contributed by atoms with E-state index in [2.05, 4.69) is 6.92 Å².